The fraction of sp³-hybridized carbons (Fsp3) is 0.389. The van der Waals surface area contributed by atoms with E-state index >= 15 is 0 Å². The minimum atomic E-state index is -0.146. The van der Waals surface area contributed by atoms with Crippen molar-refractivity contribution in [2.45, 2.75) is 19.8 Å². The molecule has 2 N–H and O–H groups in total. The van der Waals surface area contributed by atoms with Gasteiger partial charge in [0.2, 0.25) is 5.91 Å². The van der Waals surface area contributed by atoms with Crippen LogP contribution in [0.1, 0.15) is 30.1 Å². The first-order valence-electron chi connectivity index (χ1n) is 8.23. The van der Waals surface area contributed by atoms with Crippen molar-refractivity contribution in [2.75, 3.05) is 11.9 Å². The van der Waals surface area contributed by atoms with Crippen molar-refractivity contribution in [1.29, 1.82) is 0 Å². The normalized spacial score (nSPS) is 24.5. The Morgan fingerprint density at radius 3 is 2.88 bits per heavy atom. The topological polar surface area (TPSA) is 71.1 Å². The van der Waals surface area contributed by atoms with E-state index in [1.165, 1.54) is 31.1 Å². The number of hydrogen-bond donors (Lipinski definition) is 2. The number of thiazole rings is 1. The van der Waals surface area contributed by atoms with Gasteiger partial charge in [0.15, 0.2) is 5.13 Å². The van der Waals surface area contributed by atoms with Crippen LogP contribution in [-0.2, 0) is 4.79 Å². The second-order valence-electron chi connectivity index (χ2n) is 6.63. The Balaban J connectivity index is 1.44. The summed E-state index contributed by atoms with van der Waals surface area (Å²) in [7, 11) is 0. The molecule has 2 amide bonds. The van der Waals surface area contributed by atoms with Crippen LogP contribution in [0.15, 0.2) is 30.4 Å². The Labute approximate surface area is 144 Å². The van der Waals surface area contributed by atoms with Gasteiger partial charge in [-0.2, -0.15) is 0 Å². The molecule has 24 heavy (non-hydrogen) atoms. The monoisotopic (exact) mass is 341 g/mol. The molecular weight excluding hydrogens is 322 g/mol. The number of carbonyl (C=O) groups excluding carboxylic acids is 2. The number of fused-ring (bicyclic) bond motifs is 3. The van der Waals surface area contributed by atoms with E-state index in [0.29, 0.717) is 22.5 Å². The number of amides is 2. The van der Waals surface area contributed by atoms with Gasteiger partial charge in [-0.15, -0.1) is 0 Å². The van der Waals surface area contributed by atoms with E-state index in [2.05, 4.69) is 27.8 Å². The van der Waals surface area contributed by atoms with Gasteiger partial charge in [-0.3, -0.25) is 9.59 Å². The van der Waals surface area contributed by atoms with Gasteiger partial charge < -0.3 is 10.6 Å². The van der Waals surface area contributed by atoms with Crippen molar-refractivity contribution < 1.29 is 9.59 Å². The average Bonchev–Trinajstić information content (AvgIpc) is 3.25. The number of anilines is 1. The lowest BCUT2D eigenvalue weighted by Crippen LogP contribution is -2.30. The second kappa shape index (κ2) is 6.02. The maximum Gasteiger partial charge on any atom is 0.251 e. The van der Waals surface area contributed by atoms with Gasteiger partial charge in [-0.05, 0) is 48.8 Å². The maximum atomic E-state index is 12.4. The predicted octanol–water partition coefficient (Wildman–Crippen LogP) is 3.20. The fourth-order valence-corrected chi connectivity index (χ4v) is 4.68. The van der Waals surface area contributed by atoms with Crippen LogP contribution in [0.25, 0.3) is 10.2 Å². The molecular formula is C18H19N3O2S. The molecule has 1 aromatic carbocycles. The van der Waals surface area contributed by atoms with Crippen LogP contribution in [0, 0.1) is 17.8 Å². The van der Waals surface area contributed by atoms with Crippen molar-refractivity contribution in [3.63, 3.8) is 0 Å². The third-order valence-corrected chi connectivity index (χ3v) is 5.81. The lowest BCUT2D eigenvalue weighted by atomic mass is 9.93. The quantitative estimate of drug-likeness (QED) is 0.839. The molecule has 2 aliphatic rings. The molecule has 0 spiro atoms. The largest absolute Gasteiger partial charge is 0.352 e. The van der Waals surface area contributed by atoms with Crippen LogP contribution in [0.4, 0.5) is 5.13 Å². The molecule has 1 saturated carbocycles. The Morgan fingerprint density at radius 1 is 1.29 bits per heavy atom. The van der Waals surface area contributed by atoms with Gasteiger partial charge in [0.05, 0.1) is 10.2 Å². The minimum absolute atomic E-state index is 0.0434. The van der Waals surface area contributed by atoms with Crippen LogP contribution >= 0.6 is 11.3 Å². The average molecular weight is 341 g/mol. The first-order valence-corrected chi connectivity index (χ1v) is 9.05. The van der Waals surface area contributed by atoms with Crippen LogP contribution in [0.2, 0.25) is 0 Å². The standard InChI is InChI=1S/C18H19N3O2S/c1-10(22)20-18-21-15-5-4-13(8-16(15)24-18)17(23)19-9-14-7-11-2-3-12(14)6-11/h2-5,8,11-12,14H,6-7,9H2,1H3,(H,19,23)(H,20,21,22)/t11-,12-,14+/m1/s1. The SMILES string of the molecule is CC(=O)Nc1nc2ccc(C(=O)NC[C@@H]3C[C@@H]4C=C[C@@H]3C4)cc2s1. The summed E-state index contributed by atoms with van der Waals surface area (Å²) in [4.78, 5) is 27.9. The number of hydrogen-bond acceptors (Lipinski definition) is 4. The zero-order valence-corrected chi connectivity index (χ0v) is 14.2. The molecule has 2 bridgehead atoms. The summed E-state index contributed by atoms with van der Waals surface area (Å²) in [5, 5.41) is 6.31. The summed E-state index contributed by atoms with van der Waals surface area (Å²) in [5.74, 6) is 1.74. The Kier molecular flexibility index (Phi) is 3.84. The van der Waals surface area contributed by atoms with Gasteiger partial charge in [0.25, 0.3) is 5.91 Å². The van der Waals surface area contributed by atoms with Crippen molar-refractivity contribution >= 4 is 38.5 Å². The van der Waals surface area contributed by atoms with E-state index in [1.807, 2.05) is 12.1 Å². The number of carbonyl (C=O) groups is 2. The lowest BCUT2D eigenvalue weighted by Gasteiger charge is -2.18. The molecule has 6 heteroatoms. The zero-order chi connectivity index (χ0) is 16.7. The van der Waals surface area contributed by atoms with Crippen molar-refractivity contribution in [3.8, 4) is 0 Å². The summed E-state index contributed by atoms with van der Waals surface area (Å²) in [6, 6.07) is 5.45. The van der Waals surface area contributed by atoms with E-state index < -0.39 is 0 Å². The molecule has 0 aliphatic heterocycles. The molecule has 1 heterocycles. The fourth-order valence-electron chi connectivity index (χ4n) is 3.73. The highest BCUT2D eigenvalue weighted by Crippen LogP contribution is 2.42. The Bertz CT molecular complexity index is 842. The molecule has 3 atom stereocenters. The molecule has 0 radical (unpaired) electrons. The molecule has 2 aliphatic carbocycles. The van der Waals surface area contributed by atoms with Crippen LogP contribution in [-0.4, -0.2) is 23.3 Å². The highest BCUT2D eigenvalue weighted by atomic mass is 32.1. The molecule has 2 aromatic rings. The molecule has 1 aromatic heterocycles. The molecule has 124 valence electrons. The maximum absolute atomic E-state index is 12.4. The molecule has 5 nitrogen and oxygen atoms in total. The summed E-state index contributed by atoms with van der Waals surface area (Å²) < 4.78 is 0.897. The first kappa shape index (κ1) is 15.3. The Morgan fingerprint density at radius 2 is 2.17 bits per heavy atom. The number of allylic oxidation sites excluding steroid dienone is 2. The highest BCUT2D eigenvalue weighted by Gasteiger charge is 2.35. The van der Waals surface area contributed by atoms with Gasteiger partial charge >= 0.3 is 0 Å². The van der Waals surface area contributed by atoms with E-state index in [-0.39, 0.29) is 11.8 Å². The summed E-state index contributed by atoms with van der Waals surface area (Å²) in [6.07, 6.45) is 7.06. The number of nitrogens with one attached hydrogen (secondary N) is 2. The molecule has 0 saturated heterocycles. The van der Waals surface area contributed by atoms with Crippen LogP contribution in [0.3, 0.4) is 0 Å². The number of aromatic nitrogens is 1. The smallest absolute Gasteiger partial charge is 0.251 e. The summed E-state index contributed by atoms with van der Waals surface area (Å²) in [5.41, 5.74) is 1.43. The van der Waals surface area contributed by atoms with Gasteiger partial charge in [-0.25, -0.2) is 4.98 Å². The van der Waals surface area contributed by atoms with Gasteiger partial charge in [0, 0.05) is 19.0 Å². The van der Waals surface area contributed by atoms with Crippen molar-refractivity contribution in [3.05, 3.63) is 35.9 Å². The first-order chi connectivity index (χ1) is 11.6. The molecule has 0 unspecified atom stereocenters. The van der Waals surface area contributed by atoms with E-state index in [1.54, 1.807) is 6.07 Å². The van der Waals surface area contributed by atoms with Gasteiger partial charge in [-0.1, -0.05) is 23.5 Å². The van der Waals surface area contributed by atoms with Crippen LogP contribution in [0.5, 0.6) is 0 Å². The van der Waals surface area contributed by atoms with E-state index in [9.17, 15) is 9.59 Å². The van der Waals surface area contributed by atoms with Crippen molar-refractivity contribution in [2.24, 2.45) is 17.8 Å². The van der Waals surface area contributed by atoms with Crippen molar-refractivity contribution in [1.82, 2.24) is 10.3 Å². The van der Waals surface area contributed by atoms with Crippen LogP contribution < -0.4 is 10.6 Å². The third kappa shape index (κ3) is 2.94. The minimum Gasteiger partial charge on any atom is -0.352 e. The number of benzene rings is 1. The van der Waals surface area contributed by atoms with E-state index in [4.69, 9.17) is 0 Å². The van der Waals surface area contributed by atoms with Gasteiger partial charge in [0.1, 0.15) is 0 Å². The predicted molar refractivity (Wildman–Crippen MR) is 95.1 cm³/mol. The Hall–Kier alpha value is -2.21. The molecule has 4 rings (SSSR count). The number of rotatable bonds is 4. The third-order valence-electron chi connectivity index (χ3n) is 4.87. The second-order valence-corrected chi connectivity index (χ2v) is 7.66. The highest BCUT2D eigenvalue weighted by molar-refractivity contribution is 7.22. The zero-order valence-electron chi connectivity index (χ0n) is 13.4. The lowest BCUT2D eigenvalue weighted by molar-refractivity contribution is -0.114. The molecule has 1 fully saturated rings. The summed E-state index contributed by atoms with van der Waals surface area (Å²) in [6.45, 7) is 2.19. The number of nitrogens with zero attached hydrogens (tertiary/aromatic N) is 1. The summed E-state index contributed by atoms with van der Waals surface area (Å²) >= 11 is 1.38. The van der Waals surface area contributed by atoms with E-state index in [0.717, 1.165) is 22.7 Å².